The standard InChI is InChI=1S/C30H53N.ClH/c1-6-9-11-12-13-14-15-16-17-22-27-31(26-8-3)29(25-19-10-7-2)30(4,5)28-23-20-18-21-24-28;/h8,18,20-21,23-24,29H,3,6-7,9-17,19,22,25-27H2,1-2,4-5H3;1H. The molecule has 0 amide bonds. The van der Waals surface area contributed by atoms with Gasteiger partial charge in [-0.15, -0.1) is 19.0 Å². The normalized spacial score (nSPS) is 12.5. The molecule has 0 spiro atoms. The third kappa shape index (κ3) is 12.4. The van der Waals surface area contributed by atoms with E-state index in [0.29, 0.717) is 6.04 Å². The van der Waals surface area contributed by atoms with Crippen LogP contribution >= 0.6 is 12.4 Å². The van der Waals surface area contributed by atoms with Crippen molar-refractivity contribution < 1.29 is 0 Å². The van der Waals surface area contributed by atoms with Gasteiger partial charge in [-0.2, -0.15) is 0 Å². The average molecular weight is 464 g/mol. The van der Waals surface area contributed by atoms with Crippen LogP contribution in [-0.4, -0.2) is 24.0 Å². The van der Waals surface area contributed by atoms with Crippen molar-refractivity contribution in [2.24, 2.45) is 0 Å². The Kier molecular flexibility index (Phi) is 19.2. The molecule has 0 N–H and O–H groups in total. The number of benzene rings is 1. The van der Waals surface area contributed by atoms with Crippen molar-refractivity contribution in [3.05, 3.63) is 48.6 Å². The summed E-state index contributed by atoms with van der Waals surface area (Å²) in [5.74, 6) is 0. The maximum Gasteiger partial charge on any atom is 0.0190 e. The van der Waals surface area contributed by atoms with E-state index in [2.05, 4.69) is 75.6 Å². The van der Waals surface area contributed by atoms with Gasteiger partial charge >= 0.3 is 0 Å². The van der Waals surface area contributed by atoms with Crippen molar-refractivity contribution in [2.45, 2.75) is 129 Å². The molecule has 1 unspecified atom stereocenters. The quantitative estimate of drug-likeness (QED) is 0.137. The minimum atomic E-state index is 0. The molecule has 0 saturated heterocycles. The van der Waals surface area contributed by atoms with Crippen LogP contribution in [-0.2, 0) is 5.41 Å². The Labute approximate surface area is 207 Å². The molecule has 0 aliphatic heterocycles. The Morgan fingerprint density at radius 3 is 1.81 bits per heavy atom. The molecule has 1 atom stereocenters. The van der Waals surface area contributed by atoms with E-state index in [1.807, 2.05) is 0 Å². The van der Waals surface area contributed by atoms with Gasteiger partial charge in [-0.05, 0) is 24.9 Å². The van der Waals surface area contributed by atoms with Gasteiger partial charge in [0.1, 0.15) is 0 Å². The van der Waals surface area contributed by atoms with E-state index >= 15 is 0 Å². The predicted molar refractivity (Wildman–Crippen MR) is 148 cm³/mol. The fraction of sp³-hybridized carbons (Fsp3) is 0.733. The van der Waals surface area contributed by atoms with Crippen LogP contribution < -0.4 is 0 Å². The maximum atomic E-state index is 4.09. The largest absolute Gasteiger partial charge is 0.296 e. The Morgan fingerprint density at radius 1 is 0.781 bits per heavy atom. The highest BCUT2D eigenvalue weighted by Crippen LogP contribution is 2.34. The molecule has 32 heavy (non-hydrogen) atoms. The van der Waals surface area contributed by atoms with E-state index in [4.69, 9.17) is 0 Å². The summed E-state index contributed by atoms with van der Waals surface area (Å²) in [4.78, 5) is 2.74. The topological polar surface area (TPSA) is 3.24 Å². The van der Waals surface area contributed by atoms with Crippen molar-refractivity contribution in [3.8, 4) is 0 Å². The molecular weight excluding hydrogens is 410 g/mol. The summed E-state index contributed by atoms with van der Waals surface area (Å²) < 4.78 is 0. The Hall–Kier alpha value is -0.790. The van der Waals surface area contributed by atoms with Gasteiger partial charge < -0.3 is 0 Å². The summed E-state index contributed by atoms with van der Waals surface area (Å²) in [5.41, 5.74) is 1.62. The summed E-state index contributed by atoms with van der Waals surface area (Å²) in [6, 6.07) is 11.7. The van der Waals surface area contributed by atoms with Crippen molar-refractivity contribution in [1.29, 1.82) is 0 Å². The van der Waals surface area contributed by atoms with Gasteiger partial charge in [-0.25, -0.2) is 0 Å². The molecule has 0 bridgehead atoms. The molecule has 0 aromatic heterocycles. The molecule has 0 radical (unpaired) electrons. The average Bonchev–Trinajstić information content (AvgIpc) is 2.78. The summed E-state index contributed by atoms with van der Waals surface area (Å²) in [7, 11) is 0. The van der Waals surface area contributed by atoms with E-state index in [-0.39, 0.29) is 17.8 Å². The number of hydrogen-bond acceptors (Lipinski definition) is 1. The Morgan fingerprint density at radius 2 is 1.28 bits per heavy atom. The summed E-state index contributed by atoms with van der Waals surface area (Å²) in [6.45, 7) is 15.8. The number of hydrogen-bond donors (Lipinski definition) is 0. The molecule has 0 heterocycles. The monoisotopic (exact) mass is 463 g/mol. The van der Waals surface area contributed by atoms with Crippen molar-refractivity contribution in [1.82, 2.24) is 4.90 Å². The van der Waals surface area contributed by atoms with E-state index in [1.165, 1.54) is 102 Å². The van der Waals surface area contributed by atoms with Gasteiger partial charge in [0.05, 0.1) is 0 Å². The fourth-order valence-electron chi connectivity index (χ4n) is 4.99. The van der Waals surface area contributed by atoms with Crippen LogP contribution in [0.3, 0.4) is 0 Å². The predicted octanol–water partition coefficient (Wildman–Crippen LogP) is 9.74. The first-order valence-corrected chi connectivity index (χ1v) is 13.5. The fourth-order valence-corrected chi connectivity index (χ4v) is 4.99. The minimum Gasteiger partial charge on any atom is -0.296 e. The van der Waals surface area contributed by atoms with Crippen LogP contribution in [0.2, 0.25) is 0 Å². The lowest BCUT2D eigenvalue weighted by Crippen LogP contribution is -2.48. The van der Waals surface area contributed by atoms with Gasteiger partial charge in [0, 0.05) is 18.0 Å². The highest BCUT2D eigenvalue weighted by Gasteiger charge is 2.34. The number of nitrogens with zero attached hydrogens (tertiary/aromatic N) is 1. The molecular formula is C30H54ClN. The van der Waals surface area contributed by atoms with Crippen LogP contribution in [0.1, 0.15) is 123 Å². The van der Waals surface area contributed by atoms with Gasteiger partial charge in [0.2, 0.25) is 0 Å². The molecule has 2 heteroatoms. The SMILES string of the molecule is C=CCN(CCCCCCCCCCCC)C(CCCCC)C(C)(C)c1ccccc1.Cl. The second-order valence-electron chi connectivity index (χ2n) is 10.1. The van der Waals surface area contributed by atoms with Crippen molar-refractivity contribution in [2.75, 3.05) is 13.1 Å². The minimum absolute atomic E-state index is 0. The lowest BCUT2D eigenvalue weighted by Gasteiger charge is -2.43. The summed E-state index contributed by atoms with van der Waals surface area (Å²) in [6.07, 6.45) is 21.4. The van der Waals surface area contributed by atoms with Crippen molar-refractivity contribution in [3.63, 3.8) is 0 Å². The Balaban J connectivity index is 0.00000961. The first-order valence-electron chi connectivity index (χ1n) is 13.5. The summed E-state index contributed by atoms with van der Waals surface area (Å²) in [5, 5.41) is 0. The smallest absolute Gasteiger partial charge is 0.0190 e. The Bertz CT molecular complexity index is 539. The molecule has 0 fully saturated rings. The third-order valence-corrected chi connectivity index (χ3v) is 7.04. The van der Waals surface area contributed by atoms with Gasteiger partial charge in [0.25, 0.3) is 0 Å². The molecule has 0 aliphatic rings. The number of unbranched alkanes of at least 4 members (excludes halogenated alkanes) is 11. The zero-order valence-corrected chi connectivity index (χ0v) is 22.7. The van der Waals surface area contributed by atoms with E-state index in [0.717, 1.165) is 6.54 Å². The van der Waals surface area contributed by atoms with Crippen LogP contribution in [0.15, 0.2) is 43.0 Å². The lowest BCUT2D eigenvalue weighted by atomic mass is 9.75. The number of rotatable bonds is 20. The molecule has 0 saturated carbocycles. The van der Waals surface area contributed by atoms with Crippen LogP contribution in [0, 0.1) is 0 Å². The molecule has 1 aromatic rings. The first kappa shape index (κ1) is 31.2. The molecule has 0 aliphatic carbocycles. The second kappa shape index (κ2) is 19.7. The highest BCUT2D eigenvalue weighted by molar-refractivity contribution is 5.85. The van der Waals surface area contributed by atoms with Crippen LogP contribution in [0.5, 0.6) is 0 Å². The van der Waals surface area contributed by atoms with Crippen LogP contribution in [0.25, 0.3) is 0 Å². The molecule has 1 nitrogen and oxygen atoms in total. The first-order chi connectivity index (χ1) is 15.1. The van der Waals surface area contributed by atoms with Crippen molar-refractivity contribution >= 4 is 12.4 Å². The van der Waals surface area contributed by atoms with E-state index in [1.54, 1.807) is 0 Å². The maximum absolute atomic E-state index is 4.09. The molecule has 1 aromatic carbocycles. The highest BCUT2D eigenvalue weighted by atomic mass is 35.5. The van der Waals surface area contributed by atoms with E-state index < -0.39 is 0 Å². The third-order valence-electron chi connectivity index (χ3n) is 7.04. The molecule has 186 valence electrons. The second-order valence-corrected chi connectivity index (χ2v) is 10.1. The summed E-state index contributed by atoms with van der Waals surface area (Å²) >= 11 is 0. The zero-order chi connectivity index (χ0) is 22.8. The molecule has 1 rings (SSSR count). The zero-order valence-electron chi connectivity index (χ0n) is 21.9. The van der Waals surface area contributed by atoms with Crippen LogP contribution in [0.4, 0.5) is 0 Å². The van der Waals surface area contributed by atoms with Gasteiger partial charge in [-0.1, -0.05) is 141 Å². The van der Waals surface area contributed by atoms with Gasteiger partial charge in [-0.3, -0.25) is 4.90 Å². The lowest BCUT2D eigenvalue weighted by molar-refractivity contribution is 0.132. The number of halogens is 1. The van der Waals surface area contributed by atoms with E-state index in [9.17, 15) is 0 Å². The van der Waals surface area contributed by atoms with Gasteiger partial charge in [0.15, 0.2) is 0 Å².